The number of H-pyrrole nitrogens is 1. The lowest BCUT2D eigenvalue weighted by molar-refractivity contribution is 0.0789. The molecule has 0 saturated carbocycles. The Labute approximate surface area is 850 Å². The highest BCUT2D eigenvalue weighted by atomic mass is 32.2. The number of sulfonamides is 4. The van der Waals surface area contributed by atoms with E-state index < -0.39 is 40.1 Å². The van der Waals surface area contributed by atoms with Crippen LogP contribution in [-0.2, 0) is 40.1 Å². The number of rotatable bonds is 51. The van der Waals surface area contributed by atoms with Crippen LogP contribution in [0.3, 0.4) is 0 Å². The maximum absolute atomic E-state index is 13.5. The molecule has 0 aliphatic heterocycles. The number of nitrogens with two attached hydrogens (primary N) is 4. The number of hydrogen-bond donors (Lipinski definition) is 5. The molecule has 11 rings (SSSR count). The first-order valence-corrected chi connectivity index (χ1v) is 55.9. The molecule has 4 amide bonds. The molecule has 776 valence electrons. The fourth-order valence-electron chi connectivity index (χ4n) is 15.3. The first kappa shape index (κ1) is 118. The van der Waals surface area contributed by atoms with Gasteiger partial charge in [0.15, 0.2) is 23.0 Å². The summed E-state index contributed by atoms with van der Waals surface area (Å²) < 4.78 is 126. The average molecular weight is 2040 g/mol. The molecule has 0 saturated heterocycles. The molecule has 0 bridgehead atoms. The van der Waals surface area contributed by atoms with Gasteiger partial charge in [0.1, 0.15) is 42.6 Å². The van der Waals surface area contributed by atoms with E-state index in [1.165, 1.54) is 34.1 Å². The van der Waals surface area contributed by atoms with E-state index >= 15 is 0 Å². The van der Waals surface area contributed by atoms with E-state index in [9.17, 15) is 52.8 Å². The minimum Gasteiger partial charge on any atom is -0.454 e. The minimum absolute atomic E-state index is 0.134. The number of hydrogen-bond acceptors (Lipinski definition) is 20. The van der Waals surface area contributed by atoms with E-state index in [1.807, 2.05) is 146 Å². The number of carbonyl (C=O) groups is 4. The number of unbranched alkanes of at least 4 members (excludes halogenated alkanes) is 11. The molecule has 33 heteroatoms. The Morgan fingerprint density at radius 2 is 0.559 bits per heavy atom. The van der Waals surface area contributed by atoms with Gasteiger partial charge < -0.3 is 63.1 Å². The van der Waals surface area contributed by atoms with Crippen molar-refractivity contribution >= 4 is 92.2 Å². The standard InChI is InChI=1S/C28H35N3O4S.C28H43N3O4S.C27H35N3O4S.C23H33N3O4S.C4H5N/c1-4-6-18-31(19-7-5-2)25-20-22(28(32)30(3)23-14-10-8-11-15-23)21-26(36(29,33)34)27(25)35-24-16-12-9-13-17-24;1-5-8-11-15-18-30(4)28(32)23-21-25(31(19-9-6-2)20-10-7-3)27(26(22-23)36(29,33)34)35-24-16-13-12-14-17-24;1-4-6-17-30(18-7-5-2)24-19-21(27(31)29(3)22-13-11-12-14-22)20-25(35(28,32)33)26(24)34-23-15-9-8-10-16-23;1-5-7-14-26(15-8-6-2)20-16-18(23(27)25(3)4)17-21(31(24,28)29)22(20)30-19-12-10-9-11-13-19;1-2-4-5-3-1/h8-17,20-21H,4-7,18-19H2,1-3H3,(H2,29,33,34);12-14,16-17,21-22H,5-11,15,18-20H2,1-4H3,(H2,29,33,34);8-13,15-16,19-20H,4-7,14,17-18H2,1-3H3,(H2,28,32,33);9-13,16-17H,5-8,14-15H2,1-4H3,(H2,24,28,29);1-5H. The highest BCUT2D eigenvalue weighted by Crippen LogP contribution is 2.46. The largest absolute Gasteiger partial charge is 0.454 e. The predicted octanol–water partition coefficient (Wildman–Crippen LogP) is 22.7. The molecular weight excluding hydrogens is 1890 g/mol. The molecule has 10 aromatic rings. The van der Waals surface area contributed by atoms with Crippen molar-refractivity contribution in [1.82, 2.24) is 19.7 Å². The number of aromatic amines is 1. The number of primary sulfonamides is 4. The van der Waals surface area contributed by atoms with Crippen molar-refractivity contribution in [3.8, 4) is 46.0 Å². The van der Waals surface area contributed by atoms with E-state index in [1.54, 1.807) is 118 Å². The highest BCUT2D eigenvalue weighted by Gasteiger charge is 2.34. The Morgan fingerprint density at radius 3 is 0.797 bits per heavy atom. The molecule has 9 aromatic carbocycles. The van der Waals surface area contributed by atoms with E-state index in [4.69, 9.17) is 39.5 Å². The van der Waals surface area contributed by atoms with Crippen molar-refractivity contribution < 1.29 is 71.8 Å². The summed E-state index contributed by atoms with van der Waals surface area (Å²) in [7, 11) is -8.40. The number of ether oxygens (including phenoxy) is 4. The molecule has 1 aliphatic carbocycles. The van der Waals surface area contributed by atoms with Gasteiger partial charge in [-0.1, -0.05) is 236 Å². The number of allylic oxidation sites excluding steroid dienone is 3. The van der Waals surface area contributed by atoms with Gasteiger partial charge in [0.25, 0.3) is 23.6 Å². The van der Waals surface area contributed by atoms with Crippen molar-refractivity contribution in [2.24, 2.45) is 20.6 Å². The van der Waals surface area contributed by atoms with Gasteiger partial charge in [0.2, 0.25) is 40.1 Å². The van der Waals surface area contributed by atoms with Crippen molar-refractivity contribution in [1.29, 1.82) is 0 Å². The molecule has 0 radical (unpaired) electrons. The fraction of sp³-hybridized carbons (Fsp3) is 0.400. The molecule has 0 unspecified atom stereocenters. The summed E-state index contributed by atoms with van der Waals surface area (Å²) in [5, 5.41) is 22.6. The van der Waals surface area contributed by atoms with E-state index in [0.717, 1.165) is 147 Å². The molecular formula is C110H151N13O16S4. The monoisotopic (exact) mass is 2040 g/mol. The summed E-state index contributed by atoms with van der Waals surface area (Å²) in [6.07, 6.45) is 29.5. The van der Waals surface area contributed by atoms with Crippen LogP contribution in [0.2, 0.25) is 0 Å². The van der Waals surface area contributed by atoms with Crippen molar-refractivity contribution in [3.05, 3.63) is 271 Å². The van der Waals surface area contributed by atoms with Crippen LogP contribution in [0.4, 0.5) is 28.4 Å². The van der Waals surface area contributed by atoms with E-state index in [0.29, 0.717) is 109 Å². The number of para-hydroxylation sites is 5. The number of aromatic nitrogens is 1. The van der Waals surface area contributed by atoms with Crippen LogP contribution < -0.4 is 64.0 Å². The zero-order chi connectivity index (χ0) is 105. The lowest BCUT2D eigenvalue weighted by atomic mass is 10.1. The molecule has 143 heavy (non-hydrogen) atoms. The Bertz CT molecular complexity index is 6100. The van der Waals surface area contributed by atoms with E-state index in [-0.39, 0.29) is 82.9 Å². The summed E-state index contributed by atoms with van der Waals surface area (Å²) in [5.74, 6) is 1.38. The van der Waals surface area contributed by atoms with Crippen LogP contribution in [0.1, 0.15) is 239 Å². The van der Waals surface area contributed by atoms with Gasteiger partial charge in [0, 0.05) is 147 Å². The van der Waals surface area contributed by atoms with Crippen LogP contribution in [0, 0.1) is 0 Å². The number of carbonyl (C=O) groups excluding carboxylic acids is 4. The van der Waals surface area contributed by atoms with Crippen molar-refractivity contribution in [2.75, 3.05) is 119 Å². The molecule has 0 fully saturated rings. The quantitative estimate of drug-likeness (QED) is 0.0221. The van der Waals surface area contributed by atoms with Gasteiger partial charge in [-0.25, -0.2) is 54.2 Å². The third kappa shape index (κ3) is 37.4. The summed E-state index contributed by atoms with van der Waals surface area (Å²) in [6.45, 7) is 25.2. The number of nitrogens with one attached hydrogen (secondary N) is 1. The summed E-state index contributed by atoms with van der Waals surface area (Å²) in [6, 6.07) is 61.3. The first-order chi connectivity index (χ1) is 68.4. The number of nitrogens with zero attached hydrogens (tertiary/aromatic N) is 8. The van der Waals surface area contributed by atoms with Crippen LogP contribution in [0.5, 0.6) is 46.0 Å². The molecule has 0 atom stereocenters. The number of benzene rings is 9. The maximum Gasteiger partial charge on any atom is 0.258 e. The van der Waals surface area contributed by atoms with Crippen molar-refractivity contribution in [2.45, 2.75) is 217 Å². The van der Waals surface area contributed by atoms with Crippen LogP contribution in [0.15, 0.2) is 268 Å². The minimum atomic E-state index is -4.22. The smallest absolute Gasteiger partial charge is 0.258 e. The Kier molecular flexibility index (Phi) is 49.6. The van der Waals surface area contributed by atoms with Gasteiger partial charge in [-0.2, -0.15) is 0 Å². The summed E-state index contributed by atoms with van der Waals surface area (Å²) in [5.41, 5.74) is 4.78. The van der Waals surface area contributed by atoms with Crippen molar-refractivity contribution in [3.63, 3.8) is 0 Å². The second-order valence-corrected chi connectivity index (χ2v) is 41.3. The molecule has 1 aliphatic rings. The predicted molar refractivity (Wildman–Crippen MR) is 578 cm³/mol. The average Bonchev–Trinajstić information content (AvgIpc) is 1.17. The maximum atomic E-state index is 13.5. The molecule has 29 nitrogen and oxygen atoms in total. The molecule has 1 aromatic heterocycles. The third-order valence-corrected chi connectivity index (χ3v) is 27.0. The second kappa shape index (κ2) is 60.3. The summed E-state index contributed by atoms with van der Waals surface area (Å²) >= 11 is 0. The second-order valence-electron chi connectivity index (χ2n) is 35.1. The summed E-state index contributed by atoms with van der Waals surface area (Å²) in [4.78, 5) is 69.7. The molecule has 9 N–H and O–H groups in total. The van der Waals surface area contributed by atoms with Crippen LogP contribution >= 0.6 is 0 Å². The Morgan fingerprint density at radius 1 is 0.301 bits per heavy atom. The number of amides is 4. The zero-order valence-corrected chi connectivity index (χ0v) is 89.1. The number of anilines is 5. The van der Waals surface area contributed by atoms with Gasteiger partial charge in [-0.3, -0.25) is 19.2 Å². The highest BCUT2D eigenvalue weighted by molar-refractivity contribution is 7.90. The Balaban J connectivity index is 0.000000254. The van der Waals surface area contributed by atoms with Crippen LogP contribution in [0.25, 0.3) is 0 Å². The first-order valence-electron chi connectivity index (χ1n) is 49.7. The normalized spacial score (nSPS) is 11.6. The zero-order valence-electron chi connectivity index (χ0n) is 85.9. The topological polar surface area (TPSA) is 388 Å². The lowest BCUT2D eigenvalue weighted by Gasteiger charge is -2.29. The van der Waals surface area contributed by atoms with Gasteiger partial charge in [-0.15, -0.1) is 0 Å². The fourth-order valence-corrected chi connectivity index (χ4v) is 18.1. The molecule has 1 heterocycles. The molecule has 0 spiro atoms. The van der Waals surface area contributed by atoms with E-state index in [2.05, 4.69) is 86.9 Å². The van der Waals surface area contributed by atoms with Crippen LogP contribution in [-0.4, -0.2) is 171 Å². The SMILES string of the molecule is CCCCCCN(C)C(=O)c1cc(N(CCCC)CCCC)c(Oc2ccccc2)c(S(N)(=O)=O)c1.CCCCN(CCCC)c1cc(C(=O)N(C)C)cc(S(N)(=O)=O)c1Oc1ccccc1.CCCCN(CCCC)c1cc(C(=O)N(C)C2=CC=CC2)cc(S(N)(=O)=O)c1Oc1ccccc1.CCCCN(CCCC)c1cc(C(=O)N(C)c2ccccc2)cc(S(N)(=O)=O)c1Oc1ccccc1.c1cc[nH]c1. The lowest BCUT2D eigenvalue weighted by Crippen LogP contribution is -2.30. The van der Waals surface area contributed by atoms with Gasteiger partial charge in [-0.05, 0) is 185 Å². The Hall–Kier alpha value is -12.3. The van der Waals surface area contributed by atoms with Gasteiger partial charge >= 0.3 is 0 Å². The van der Waals surface area contributed by atoms with Gasteiger partial charge in [0.05, 0.1) is 22.7 Å². The third-order valence-electron chi connectivity index (χ3n) is 23.4.